The number of hydrogen-bond donors (Lipinski definition) is 1. The normalized spacial score (nSPS) is 13.0. The maximum Gasteiger partial charge on any atom is 0.308 e. The third kappa shape index (κ3) is 6.08. The first kappa shape index (κ1) is 24.5. The molecule has 0 atom stereocenters. The van der Waals surface area contributed by atoms with E-state index < -0.39 is 5.97 Å². The monoisotopic (exact) mass is 493 g/mol. The van der Waals surface area contributed by atoms with Crippen LogP contribution in [0.3, 0.4) is 0 Å². The highest BCUT2D eigenvalue weighted by Gasteiger charge is 2.25. The van der Waals surface area contributed by atoms with E-state index in [0.717, 1.165) is 31.5 Å². The molecule has 1 aliphatic heterocycles. The molecule has 2 aromatic carbocycles. The van der Waals surface area contributed by atoms with Crippen molar-refractivity contribution in [3.05, 3.63) is 70.5 Å². The van der Waals surface area contributed by atoms with Crippen LogP contribution in [0.4, 0.5) is 17.3 Å². The fraction of sp³-hybridized carbons (Fsp3) is 0.308. The molecule has 0 aliphatic carbocycles. The van der Waals surface area contributed by atoms with Gasteiger partial charge in [0.05, 0.1) is 0 Å². The second-order valence-electron chi connectivity index (χ2n) is 8.63. The number of ether oxygens (including phenoxy) is 1. The second-order valence-corrected chi connectivity index (χ2v) is 9.07. The Kier molecular flexibility index (Phi) is 7.51. The molecule has 8 nitrogen and oxygen atoms in total. The Morgan fingerprint density at radius 3 is 2.29 bits per heavy atom. The maximum atomic E-state index is 12.5. The number of nitrogens with one attached hydrogen (secondary N) is 1. The van der Waals surface area contributed by atoms with Crippen molar-refractivity contribution in [2.24, 2.45) is 0 Å². The number of carbonyl (C=O) groups is 2. The summed E-state index contributed by atoms with van der Waals surface area (Å²) in [5.41, 5.74) is 2.21. The Hall–Kier alpha value is -3.65. The lowest BCUT2D eigenvalue weighted by Gasteiger charge is -2.24. The first-order chi connectivity index (χ1) is 16.8. The van der Waals surface area contributed by atoms with Crippen LogP contribution in [-0.4, -0.2) is 49.0 Å². The molecule has 4 rings (SSSR count). The molecule has 35 heavy (non-hydrogen) atoms. The van der Waals surface area contributed by atoms with Gasteiger partial charge in [0.25, 0.3) is 5.91 Å². The van der Waals surface area contributed by atoms with Crippen molar-refractivity contribution >= 4 is 40.8 Å². The predicted molar refractivity (Wildman–Crippen MR) is 138 cm³/mol. The van der Waals surface area contributed by atoms with Crippen molar-refractivity contribution in [2.75, 3.05) is 42.3 Å². The van der Waals surface area contributed by atoms with E-state index in [1.165, 1.54) is 6.92 Å². The number of anilines is 3. The SMILES string of the molecule is CC(=O)Oc1c(N(C)C)nc(Cc2ccc(NC(=O)c3ccc(Cl)cc3)cc2)nc1N1CCCC1. The summed E-state index contributed by atoms with van der Waals surface area (Å²) in [5, 5.41) is 3.47. The van der Waals surface area contributed by atoms with E-state index in [0.29, 0.717) is 45.9 Å². The van der Waals surface area contributed by atoms with Crippen LogP contribution in [0.5, 0.6) is 5.75 Å². The first-order valence-corrected chi connectivity index (χ1v) is 11.9. The molecule has 1 aliphatic rings. The van der Waals surface area contributed by atoms with Gasteiger partial charge in [0.2, 0.25) is 5.75 Å². The van der Waals surface area contributed by atoms with E-state index in [9.17, 15) is 9.59 Å². The number of rotatable bonds is 7. The molecule has 1 amide bonds. The lowest BCUT2D eigenvalue weighted by molar-refractivity contribution is -0.131. The average molecular weight is 494 g/mol. The van der Waals surface area contributed by atoms with E-state index in [2.05, 4.69) is 10.2 Å². The molecule has 1 fully saturated rings. The molecular weight excluding hydrogens is 466 g/mol. The standard InChI is InChI=1S/C26H28ClN5O3/c1-17(33)35-23-24(31(2)3)29-22(30-25(23)32-14-4-5-15-32)16-18-6-12-21(13-7-18)28-26(34)19-8-10-20(27)11-9-19/h6-13H,4-5,14-16H2,1-3H3,(H,28,34). The molecule has 1 N–H and O–H groups in total. The zero-order chi connectivity index (χ0) is 24.9. The molecule has 0 radical (unpaired) electrons. The summed E-state index contributed by atoms with van der Waals surface area (Å²) in [4.78, 5) is 37.7. The van der Waals surface area contributed by atoms with Crippen LogP contribution in [0, 0.1) is 0 Å². The van der Waals surface area contributed by atoms with E-state index in [-0.39, 0.29) is 5.91 Å². The topological polar surface area (TPSA) is 87.7 Å². The molecule has 0 unspecified atom stereocenters. The zero-order valence-corrected chi connectivity index (χ0v) is 20.8. The third-order valence-corrected chi connectivity index (χ3v) is 5.88. The quantitative estimate of drug-likeness (QED) is 0.482. The van der Waals surface area contributed by atoms with Gasteiger partial charge in [-0.1, -0.05) is 23.7 Å². The van der Waals surface area contributed by atoms with Gasteiger partial charge in [0, 0.05) is 56.8 Å². The summed E-state index contributed by atoms with van der Waals surface area (Å²) >= 11 is 5.90. The van der Waals surface area contributed by atoms with Crippen LogP contribution < -0.4 is 19.9 Å². The molecular formula is C26H28ClN5O3. The van der Waals surface area contributed by atoms with Gasteiger partial charge in [-0.2, -0.15) is 0 Å². The Bertz CT molecular complexity index is 1210. The number of benzene rings is 2. The number of amides is 1. The summed E-state index contributed by atoms with van der Waals surface area (Å²) in [6, 6.07) is 14.3. The van der Waals surface area contributed by atoms with Gasteiger partial charge in [-0.25, -0.2) is 9.97 Å². The van der Waals surface area contributed by atoms with Crippen LogP contribution in [0.25, 0.3) is 0 Å². The van der Waals surface area contributed by atoms with Crippen LogP contribution in [0.2, 0.25) is 5.02 Å². The van der Waals surface area contributed by atoms with Gasteiger partial charge < -0.3 is 19.9 Å². The number of hydrogen-bond acceptors (Lipinski definition) is 7. The molecule has 1 saturated heterocycles. The molecule has 3 aromatic rings. The summed E-state index contributed by atoms with van der Waals surface area (Å²) < 4.78 is 5.56. The van der Waals surface area contributed by atoms with E-state index in [1.54, 1.807) is 24.3 Å². The summed E-state index contributed by atoms with van der Waals surface area (Å²) in [6.07, 6.45) is 2.63. The Balaban J connectivity index is 1.55. The highest BCUT2D eigenvalue weighted by Crippen LogP contribution is 2.36. The summed E-state index contributed by atoms with van der Waals surface area (Å²) in [6.45, 7) is 3.10. The lowest BCUT2D eigenvalue weighted by Crippen LogP contribution is -2.24. The van der Waals surface area contributed by atoms with Gasteiger partial charge in [-0.15, -0.1) is 0 Å². The van der Waals surface area contributed by atoms with Crippen molar-refractivity contribution in [3.63, 3.8) is 0 Å². The number of nitrogens with zero attached hydrogens (tertiary/aromatic N) is 4. The molecule has 0 saturated carbocycles. The molecule has 0 spiro atoms. The maximum absolute atomic E-state index is 12.5. The summed E-state index contributed by atoms with van der Waals surface area (Å²) in [7, 11) is 3.73. The van der Waals surface area contributed by atoms with E-state index in [1.807, 2.05) is 43.3 Å². The van der Waals surface area contributed by atoms with Crippen molar-refractivity contribution in [3.8, 4) is 5.75 Å². The minimum absolute atomic E-state index is 0.204. The minimum atomic E-state index is -0.402. The largest absolute Gasteiger partial charge is 0.419 e. The van der Waals surface area contributed by atoms with Crippen molar-refractivity contribution in [1.82, 2.24) is 9.97 Å². The Labute approximate surface area is 209 Å². The lowest BCUT2D eigenvalue weighted by atomic mass is 10.1. The number of aromatic nitrogens is 2. The van der Waals surface area contributed by atoms with Gasteiger partial charge in [0.1, 0.15) is 5.82 Å². The number of halogens is 1. The van der Waals surface area contributed by atoms with Gasteiger partial charge >= 0.3 is 5.97 Å². The van der Waals surface area contributed by atoms with Crippen LogP contribution in [-0.2, 0) is 11.2 Å². The highest BCUT2D eigenvalue weighted by molar-refractivity contribution is 6.30. The van der Waals surface area contributed by atoms with Crippen LogP contribution in [0.1, 0.15) is 41.5 Å². The summed E-state index contributed by atoms with van der Waals surface area (Å²) in [5.74, 6) is 1.64. The molecule has 0 bridgehead atoms. The Morgan fingerprint density at radius 1 is 1.03 bits per heavy atom. The van der Waals surface area contributed by atoms with Crippen molar-refractivity contribution in [1.29, 1.82) is 0 Å². The van der Waals surface area contributed by atoms with Gasteiger partial charge in [-0.05, 0) is 54.8 Å². The first-order valence-electron chi connectivity index (χ1n) is 11.5. The van der Waals surface area contributed by atoms with Gasteiger partial charge in [0.15, 0.2) is 11.6 Å². The minimum Gasteiger partial charge on any atom is -0.419 e. The highest BCUT2D eigenvalue weighted by atomic mass is 35.5. The fourth-order valence-electron chi connectivity index (χ4n) is 3.92. The van der Waals surface area contributed by atoms with E-state index in [4.69, 9.17) is 26.3 Å². The third-order valence-electron chi connectivity index (χ3n) is 5.63. The number of esters is 1. The van der Waals surface area contributed by atoms with Crippen LogP contribution >= 0.6 is 11.6 Å². The average Bonchev–Trinajstić information content (AvgIpc) is 3.36. The van der Waals surface area contributed by atoms with Crippen molar-refractivity contribution < 1.29 is 14.3 Å². The smallest absolute Gasteiger partial charge is 0.308 e. The zero-order valence-electron chi connectivity index (χ0n) is 20.0. The van der Waals surface area contributed by atoms with Gasteiger partial charge in [-0.3, -0.25) is 9.59 Å². The molecule has 2 heterocycles. The molecule has 182 valence electrons. The molecule has 1 aromatic heterocycles. The second kappa shape index (κ2) is 10.7. The Morgan fingerprint density at radius 2 is 1.69 bits per heavy atom. The number of carbonyl (C=O) groups excluding carboxylic acids is 2. The fourth-order valence-corrected chi connectivity index (χ4v) is 4.05. The van der Waals surface area contributed by atoms with Crippen molar-refractivity contribution in [2.45, 2.75) is 26.2 Å². The predicted octanol–water partition coefficient (Wildman–Crippen LogP) is 4.56. The van der Waals surface area contributed by atoms with Crippen LogP contribution in [0.15, 0.2) is 48.5 Å². The molecule has 9 heteroatoms. The van der Waals surface area contributed by atoms with E-state index >= 15 is 0 Å².